The van der Waals surface area contributed by atoms with E-state index in [1.165, 1.54) is 27.7 Å². The Hall–Kier alpha value is -3.34. The molecule has 0 bridgehead atoms. The Bertz CT molecular complexity index is 1650. The second kappa shape index (κ2) is 6.35. The van der Waals surface area contributed by atoms with Crippen LogP contribution in [0.15, 0.2) is 77.3 Å². The molecule has 3 nitrogen and oxygen atoms in total. The predicted octanol–water partition coefficient (Wildman–Crippen LogP) is 5.82. The molecule has 1 aromatic heterocycles. The molecule has 0 fully saturated rings. The Morgan fingerprint density at radius 2 is 1.72 bits per heavy atom. The maximum absolute atomic E-state index is 9.93. The fourth-order valence-corrected chi connectivity index (χ4v) is 5.72. The lowest BCUT2D eigenvalue weighted by molar-refractivity contribution is 0.425. The molecule has 1 heterocycles. The summed E-state index contributed by atoms with van der Waals surface area (Å²) in [7, 11) is -1.59. The third-order valence-electron chi connectivity index (χ3n) is 7.16. The molecule has 2 N–H and O–H groups in total. The van der Waals surface area contributed by atoms with Crippen LogP contribution in [0.1, 0.15) is 31.9 Å². The van der Waals surface area contributed by atoms with Crippen LogP contribution in [-0.4, -0.2) is 17.2 Å². The van der Waals surface area contributed by atoms with Crippen LogP contribution in [0.2, 0.25) is 0 Å². The van der Waals surface area contributed by atoms with Gasteiger partial charge in [0.15, 0.2) is 0 Å². The smallest absolute Gasteiger partial charge is 0.456 e. The first-order valence-corrected chi connectivity index (χ1v) is 10.9. The average molecular weight is 418 g/mol. The molecule has 4 aromatic carbocycles. The number of rotatable bonds is 3. The molecular formula is C28H23BO3. The first-order chi connectivity index (χ1) is 15.4. The molecule has 5 aromatic rings. The highest BCUT2D eigenvalue weighted by atomic mass is 16.4. The van der Waals surface area contributed by atoms with Gasteiger partial charge < -0.3 is 14.5 Å². The summed E-state index contributed by atoms with van der Waals surface area (Å²) in [5.41, 5.74) is 6.50. The zero-order valence-corrected chi connectivity index (χ0v) is 18.4. The Kier molecular flexibility index (Phi) is 3.84. The van der Waals surface area contributed by atoms with Crippen LogP contribution in [-0.2, 0) is 5.41 Å². The average Bonchev–Trinajstić information content (AvgIpc) is 3.25. The molecule has 156 valence electrons. The second-order valence-electron chi connectivity index (χ2n) is 9.16. The van der Waals surface area contributed by atoms with E-state index in [9.17, 15) is 10.0 Å². The van der Waals surface area contributed by atoms with Crippen molar-refractivity contribution < 1.29 is 14.5 Å². The number of hydrogen-bond acceptors (Lipinski definition) is 3. The third kappa shape index (κ3) is 2.23. The largest absolute Gasteiger partial charge is 0.492 e. The minimum atomic E-state index is -1.59. The summed E-state index contributed by atoms with van der Waals surface area (Å²) in [5, 5.41) is 26.3. The van der Waals surface area contributed by atoms with Crippen molar-refractivity contribution in [2.45, 2.75) is 26.2 Å². The normalized spacial score (nSPS) is 15.8. The fourth-order valence-electron chi connectivity index (χ4n) is 5.72. The van der Waals surface area contributed by atoms with Crippen molar-refractivity contribution in [3.63, 3.8) is 0 Å². The van der Waals surface area contributed by atoms with Gasteiger partial charge >= 0.3 is 7.12 Å². The molecule has 4 heteroatoms. The van der Waals surface area contributed by atoms with Crippen LogP contribution < -0.4 is 5.46 Å². The topological polar surface area (TPSA) is 53.6 Å². The van der Waals surface area contributed by atoms with E-state index in [2.05, 4.69) is 50.8 Å². The molecule has 0 spiro atoms. The minimum Gasteiger partial charge on any atom is -0.456 e. The highest BCUT2D eigenvalue weighted by Gasteiger charge is 2.36. The number of benzene rings is 4. The number of allylic oxidation sites excluding steroid dienone is 5. The van der Waals surface area contributed by atoms with Crippen LogP contribution in [0.4, 0.5) is 0 Å². The van der Waals surface area contributed by atoms with Gasteiger partial charge in [-0.2, -0.15) is 0 Å². The quantitative estimate of drug-likeness (QED) is 0.287. The van der Waals surface area contributed by atoms with E-state index < -0.39 is 7.12 Å². The maximum Gasteiger partial charge on any atom is 0.492 e. The third-order valence-corrected chi connectivity index (χ3v) is 7.16. The molecule has 0 saturated heterocycles. The van der Waals surface area contributed by atoms with E-state index in [0.717, 1.165) is 32.5 Å². The summed E-state index contributed by atoms with van der Waals surface area (Å²) in [6, 6.07) is 14.4. The zero-order valence-electron chi connectivity index (χ0n) is 18.4. The van der Waals surface area contributed by atoms with Gasteiger partial charge in [-0.05, 0) is 68.9 Å². The summed E-state index contributed by atoms with van der Waals surface area (Å²) >= 11 is 0. The van der Waals surface area contributed by atoms with Crippen molar-refractivity contribution in [2.75, 3.05) is 0 Å². The Morgan fingerprint density at radius 3 is 2.44 bits per heavy atom. The van der Waals surface area contributed by atoms with Gasteiger partial charge in [0, 0.05) is 21.7 Å². The van der Waals surface area contributed by atoms with Crippen LogP contribution in [0, 0.1) is 0 Å². The van der Waals surface area contributed by atoms with Crippen molar-refractivity contribution in [1.82, 2.24) is 0 Å². The lowest BCUT2D eigenvalue weighted by atomic mass is 9.77. The first kappa shape index (κ1) is 19.4. The van der Waals surface area contributed by atoms with Gasteiger partial charge in [-0.3, -0.25) is 0 Å². The van der Waals surface area contributed by atoms with Gasteiger partial charge in [0.2, 0.25) is 0 Å². The zero-order chi connectivity index (χ0) is 22.4. The molecule has 6 rings (SSSR count). The highest BCUT2D eigenvalue weighted by molar-refractivity contribution is 6.62. The Balaban J connectivity index is 1.86. The highest BCUT2D eigenvalue weighted by Crippen LogP contribution is 2.51. The molecule has 32 heavy (non-hydrogen) atoms. The van der Waals surface area contributed by atoms with Crippen LogP contribution in [0.3, 0.4) is 0 Å². The summed E-state index contributed by atoms with van der Waals surface area (Å²) in [4.78, 5) is 0. The summed E-state index contributed by atoms with van der Waals surface area (Å²) < 4.78 is 6.16. The first-order valence-electron chi connectivity index (χ1n) is 10.9. The summed E-state index contributed by atoms with van der Waals surface area (Å²) in [6.45, 7) is 10.7. The van der Waals surface area contributed by atoms with Crippen molar-refractivity contribution in [3.8, 4) is 0 Å². The molecule has 0 radical (unpaired) electrons. The Labute approximate surface area is 186 Å². The van der Waals surface area contributed by atoms with E-state index in [-0.39, 0.29) is 5.41 Å². The van der Waals surface area contributed by atoms with Gasteiger partial charge in [-0.15, -0.1) is 0 Å². The molecule has 1 aliphatic rings. The molecule has 0 amide bonds. The van der Waals surface area contributed by atoms with Gasteiger partial charge in [0.25, 0.3) is 0 Å². The van der Waals surface area contributed by atoms with Gasteiger partial charge in [-0.25, -0.2) is 0 Å². The van der Waals surface area contributed by atoms with E-state index >= 15 is 0 Å². The lowest BCUT2D eigenvalue weighted by Crippen LogP contribution is -2.30. The van der Waals surface area contributed by atoms with Crippen molar-refractivity contribution in [1.29, 1.82) is 0 Å². The monoisotopic (exact) mass is 418 g/mol. The molecule has 0 unspecified atom stereocenters. The summed E-state index contributed by atoms with van der Waals surface area (Å²) in [6.07, 6.45) is 6.23. The van der Waals surface area contributed by atoms with Gasteiger partial charge in [0.1, 0.15) is 11.2 Å². The maximum atomic E-state index is 9.93. The van der Waals surface area contributed by atoms with Crippen molar-refractivity contribution in [3.05, 3.63) is 84.0 Å². The molecule has 0 saturated carbocycles. The minimum absolute atomic E-state index is 0.147. The van der Waals surface area contributed by atoms with Crippen LogP contribution in [0.5, 0.6) is 0 Å². The van der Waals surface area contributed by atoms with Crippen LogP contribution in [0.25, 0.3) is 49.1 Å². The van der Waals surface area contributed by atoms with Gasteiger partial charge in [0.05, 0.1) is 0 Å². The van der Waals surface area contributed by atoms with E-state index in [4.69, 9.17) is 4.42 Å². The molecule has 0 atom stereocenters. The van der Waals surface area contributed by atoms with Crippen LogP contribution >= 0.6 is 0 Å². The van der Waals surface area contributed by atoms with E-state index in [1.807, 2.05) is 31.2 Å². The standard InChI is InChI=1S/C28H23BO3/c1-5-8-15-20-13-18-17-11-12-23(29(30)31)27-26(17)25-16(9-7-10-24(25)32-27)19(18)14-22(20)28(3,4)21(15)6-2/h5-14,30-31H,2H2,1,3-4H3/b8-5-. The van der Waals surface area contributed by atoms with Crippen molar-refractivity contribution >= 4 is 61.6 Å². The predicted molar refractivity (Wildman–Crippen MR) is 135 cm³/mol. The van der Waals surface area contributed by atoms with E-state index in [1.54, 1.807) is 6.07 Å². The SMILES string of the molecule is C=CC1=C(/C=C\C)c2cc3c(cc2C1(C)C)c1cccc2oc4c(B(O)O)ccc3c4c21. The fraction of sp³-hybridized carbons (Fsp3) is 0.143. The van der Waals surface area contributed by atoms with Crippen molar-refractivity contribution in [2.24, 2.45) is 0 Å². The second-order valence-corrected chi connectivity index (χ2v) is 9.16. The lowest BCUT2D eigenvalue weighted by Gasteiger charge is -2.23. The number of furan rings is 1. The number of hydrogen-bond donors (Lipinski definition) is 2. The Morgan fingerprint density at radius 1 is 0.969 bits per heavy atom. The number of fused-ring (bicyclic) bond motifs is 4. The molecule has 0 aliphatic heterocycles. The summed E-state index contributed by atoms with van der Waals surface area (Å²) in [5.74, 6) is 0. The van der Waals surface area contributed by atoms with E-state index in [0.29, 0.717) is 11.0 Å². The molecular weight excluding hydrogens is 395 g/mol. The van der Waals surface area contributed by atoms with Gasteiger partial charge in [-0.1, -0.05) is 62.9 Å². The molecule has 1 aliphatic carbocycles.